The molecule has 1 atom stereocenters. The van der Waals surface area contributed by atoms with Crippen molar-refractivity contribution >= 4 is 11.8 Å². The predicted octanol–water partition coefficient (Wildman–Crippen LogP) is 1.09. The van der Waals surface area contributed by atoms with E-state index >= 15 is 0 Å². The number of anilines is 2. The van der Waals surface area contributed by atoms with Crippen LogP contribution in [0.5, 0.6) is 0 Å². The number of rotatable bonds is 3. The average Bonchev–Trinajstić information content (AvgIpc) is 2.76. The molecule has 2 aromatic heterocycles. The number of aryl methyl sites for hydroxylation is 3. The van der Waals surface area contributed by atoms with Gasteiger partial charge in [-0.3, -0.25) is 4.68 Å². The van der Waals surface area contributed by atoms with E-state index < -0.39 is 0 Å². The molecule has 3 heterocycles. The molecule has 1 fully saturated rings. The zero-order valence-corrected chi connectivity index (χ0v) is 13.3. The summed E-state index contributed by atoms with van der Waals surface area (Å²) in [5.74, 6) is 1.18. The largest absolute Gasteiger partial charge is 0.373 e. The van der Waals surface area contributed by atoms with Crippen molar-refractivity contribution in [3.05, 3.63) is 29.2 Å². The minimum atomic E-state index is 0.0863. The summed E-state index contributed by atoms with van der Waals surface area (Å²) in [4.78, 5) is 10.7. The van der Waals surface area contributed by atoms with Crippen molar-refractivity contribution in [2.45, 2.75) is 33.4 Å². The van der Waals surface area contributed by atoms with Crippen molar-refractivity contribution in [1.29, 1.82) is 0 Å². The molecule has 0 saturated carbocycles. The molecule has 0 aliphatic carbocycles. The second-order valence-electron chi connectivity index (χ2n) is 5.77. The summed E-state index contributed by atoms with van der Waals surface area (Å²) in [6, 6.07) is 4.04. The molecule has 118 valence electrons. The van der Waals surface area contributed by atoms with Crippen LogP contribution in [0.2, 0.25) is 0 Å². The Labute approximate surface area is 130 Å². The minimum absolute atomic E-state index is 0.0863. The van der Waals surface area contributed by atoms with Crippen molar-refractivity contribution in [3.63, 3.8) is 0 Å². The van der Waals surface area contributed by atoms with E-state index in [0.717, 1.165) is 42.5 Å². The minimum Gasteiger partial charge on any atom is -0.373 e. The van der Waals surface area contributed by atoms with Gasteiger partial charge in [0.05, 0.1) is 24.9 Å². The monoisotopic (exact) mass is 302 g/mol. The highest BCUT2D eigenvalue weighted by atomic mass is 16.5. The highest BCUT2D eigenvalue weighted by Crippen LogP contribution is 2.18. The summed E-state index contributed by atoms with van der Waals surface area (Å²) >= 11 is 0. The van der Waals surface area contributed by atoms with Crippen molar-refractivity contribution in [1.82, 2.24) is 19.7 Å². The maximum Gasteiger partial charge on any atom is 0.222 e. The molecule has 2 N–H and O–H groups in total. The smallest absolute Gasteiger partial charge is 0.222 e. The number of morpholine rings is 1. The third kappa shape index (κ3) is 3.19. The molecule has 2 aromatic rings. The molecule has 1 saturated heterocycles. The lowest BCUT2D eigenvalue weighted by molar-refractivity contribution is 0.0267. The normalized spacial score (nSPS) is 18.7. The first kappa shape index (κ1) is 14.8. The van der Waals surface area contributed by atoms with Crippen LogP contribution in [0.1, 0.15) is 17.1 Å². The second-order valence-corrected chi connectivity index (χ2v) is 5.77. The number of hydrogen-bond donors (Lipinski definition) is 1. The van der Waals surface area contributed by atoms with Gasteiger partial charge in [0.25, 0.3) is 0 Å². The first-order valence-electron chi connectivity index (χ1n) is 7.50. The third-order valence-electron chi connectivity index (χ3n) is 3.80. The van der Waals surface area contributed by atoms with Gasteiger partial charge in [-0.1, -0.05) is 0 Å². The van der Waals surface area contributed by atoms with Gasteiger partial charge in [-0.2, -0.15) is 10.1 Å². The maximum atomic E-state index is 5.88. The zero-order chi connectivity index (χ0) is 15.7. The van der Waals surface area contributed by atoms with E-state index in [4.69, 9.17) is 10.5 Å². The molecule has 3 rings (SSSR count). The second kappa shape index (κ2) is 5.92. The Morgan fingerprint density at radius 3 is 2.73 bits per heavy atom. The van der Waals surface area contributed by atoms with Crippen LogP contribution in [0.4, 0.5) is 11.8 Å². The molecular weight excluding hydrogens is 280 g/mol. The summed E-state index contributed by atoms with van der Waals surface area (Å²) < 4.78 is 7.88. The van der Waals surface area contributed by atoms with Crippen LogP contribution in [0.25, 0.3) is 0 Å². The van der Waals surface area contributed by atoms with Gasteiger partial charge in [0.2, 0.25) is 5.95 Å². The van der Waals surface area contributed by atoms with E-state index in [0.29, 0.717) is 12.6 Å². The van der Waals surface area contributed by atoms with Crippen LogP contribution in [-0.2, 0) is 11.3 Å². The Kier molecular flexibility index (Phi) is 3.98. The summed E-state index contributed by atoms with van der Waals surface area (Å²) in [7, 11) is 0. The SMILES string of the molecule is Cc1cc(N2CCOC(Cn3nc(C)cc3C)C2)nc(N)n1. The number of nitrogens with two attached hydrogens (primary N) is 1. The van der Waals surface area contributed by atoms with Crippen LogP contribution in [0, 0.1) is 20.8 Å². The van der Waals surface area contributed by atoms with Crippen LogP contribution in [-0.4, -0.2) is 45.5 Å². The highest BCUT2D eigenvalue weighted by Gasteiger charge is 2.23. The summed E-state index contributed by atoms with van der Waals surface area (Å²) in [5.41, 5.74) is 8.82. The molecule has 7 nitrogen and oxygen atoms in total. The fraction of sp³-hybridized carbons (Fsp3) is 0.533. The Morgan fingerprint density at radius 2 is 2.05 bits per heavy atom. The van der Waals surface area contributed by atoms with E-state index in [1.54, 1.807) is 0 Å². The summed E-state index contributed by atoms with van der Waals surface area (Å²) in [6.07, 6.45) is 0.0863. The molecule has 0 bridgehead atoms. The van der Waals surface area contributed by atoms with Crippen LogP contribution >= 0.6 is 0 Å². The van der Waals surface area contributed by atoms with Gasteiger partial charge in [0.1, 0.15) is 5.82 Å². The molecule has 1 aliphatic heterocycles. The zero-order valence-electron chi connectivity index (χ0n) is 13.3. The molecular formula is C15H22N6O. The van der Waals surface area contributed by atoms with E-state index in [1.807, 2.05) is 24.6 Å². The number of ether oxygens (including phenoxy) is 1. The van der Waals surface area contributed by atoms with E-state index in [-0.39, 0.29) is 6.10 Å². The molecule has 7 heteroatoms. The lowest BCUT2D eigenvalue weighted by Gasteiger charge is -2.34. The highest BCUT2D eigenvalue weighted by molar-refractivity contribution is 5.43. The fourth-order valence-electron chi connectivity index (χ4n) is 2.83. The van der Waals surface area contributed by atoms with Crippen molar-refractivity contribution < 1.29 is 4.74 Å². The standard InChI is InChI=1S/C15H22N6O/c1-10-7-14(18-15(16)17-10)20-4-5-22-13(8-20)9-21-12(3)6-11(2)19-21/h6-7,13H,4-5,8-9H2,1-3H3,(H2,16,17,18). The van der Waals surface area contributed by atoms with Crippen LogP contribution < -0.4 is 10.6 Å². The Hall–Kier alpha value is -2.15. The first-order valence-corrected chi connectivity index (χ1v) is 7.50. The number of hydrogen-bond acceptors (Lipinski definition) is 6. The van der Waals surface area contributed by atoms with E-state index in [2.05, 4.69) is 33.0 Å². The van der Waals surface area contributed by atoms with Gasteiger partial charge in [-0.05, 0) is 26.8 Å². The number of nitrogens with zero attached hydrogens (tertiary/aromatic N) is 5. The first-order chi connectivity index (χ1) is 10.5. The topological polar surface area (TPSA) is 82.1 Å². The quantitative estimate of drug-likeness (QED) is 0.914. The van der Waals surface area contributed by atoms with E-state index in [9.17, 15) is 0 Å². The molecule has 0 amide bonds. The van der Waals surface area contributed by atoms with Crippen molar-refractivity contribution in [2.75, 3.05) is 30.3 Å². The van der Waals surface area contributed by atoms with Crippen molar-refractivity contribution in [3.8, 4) is 0 Å². The summed E-state index contributed by atoms with van der Waals surface area (Å²) in [5, 5.41) is 4.50. The van der Waals surface area contributed by atoms with Gasteiger partial charge < -0.3 is 15.4 Å². The predicted molar refractivity (Wildman–Crippen MR) is 84.8 cm³/mol. The Bertz CT molecular complexity index is 648. The molecule has 0 radical (unpaired) electrons. The fourth-order valence-corrected chi connectivity index (χ4v) is 2.83. The maximum absolute atomic E-state index is 5.88. The van der Waals surface area contributed by atoms with Crippen LogP contribution in [0.15, 0.2) is 12.1 Å². The van der Waals surface area contributed by atoms with Crippen molar-refractivity contribution in [2.24, 2.45) is 0 Å². The molecule has 1 aliphatic rings. The van der Waals surface area contributed by atoms with Crippen LogP contribution in [0.3, 0.4) is 0 Å². The average molecular weight is 302 g/mol. The molecule has 0 spiro atoms. The van der Waals surface area contributed by atoms with Gasteiger partial charge in [0.15, 0.2) is 0 Å². The van der Waals surface area contributed by atoms with Gasteiger partial charge in [-0.25, -0.2) is 4.98 Å². The molecule has 22 heavy (non-hydrogen) atoms. The molecule has 0 aromatic carbocycles. The van der Waals surface area contributed by atoms with E-state index in [1.165, 1.54) is 0 Å². The lowest BCUT2D eigenvalue weighted by Crippen LogP contribution is -2.45. The van der Waals surface area contributed by atoms with Gasteiger partial charge in [0, 0.05) is 30.5 Å². The Morgan fingerprint density at radius 1 is 1.23 bits per heavy atom. The lowest BCUT2D eigenvalue weighted by atomic mass is 10.2. The third-order valence-corrected chi connectivity index (χ3v) is 3.80. The van der Waals surface area contributed by atoms with Gasteiger partial charge in [-0.15, -0.1) is 0 Å². The number of nitrogen functional groups attached to an aromatic ring is 1. The Balaban J connectivity index is 1.72. The van der Waals surface area contributed by atoms with Gasteiger partial charge >= 0.3 is 0 Å². The summed E-state index contributed by atoms with van der Waals surface area (Å²) in [6.45, 7) is 8.99. The number of aromatic nitrogens is 4. The molecule has 1 unspecified atom stereocenters.